The van der Waals surface area contributed by atoms with Gasteiger partial charge in [0.15, 0.2) is 0 Å². The van der Waals surface area contributed by atoms with Gasteiger partial charge in [0.05, 0.1) is 6.54 Å². The normalized spacial score (nSPS) is 22.2. The summed E-state index contributed by atoms with van der Waals surface area (Å²) in [7, 11) is 0. The number of nitrogens with zero attached hydrogens (tertiary/aromatic N) is 1. The van der Waals surface area contributed by atoms with E-state index in [2.05, 4.69) is 0 Å². The predicted molar refractivity (Wildman–Crippen MR) is 46.9 cm³/mol. The van der Waals surface area contributed by atoms with Crippen LogP contribution in [0.4, 0.5) is 8.78 Å². The molecule has 0 aromatic carbocycles. The first kappa shape index (κ1) is 12.1. The minimum atomic E-state index is -2.45. The summed E-state index contributed by atoms with van der Waals surface area (Å²) in [6, 6.07) is 0. The van der Waals surface area contributed by atoms with E-state index < -0.39 is 5.92 Å². The second kappa shape index (κ2) is 4.94. The number of hydrogen-bond acceptors (Lipinski definition) is 2. The fraction of sp³-hybridized carbons (Fsp3) is 1.00. The molecule has 0 aromatic heterocycles. The fourth-order valence-corrected chi connectivity index (χ4v) is 1.31. The van der Waals surface area contributed by atoms with Crippen molar-refractivity contribution < 1.29 is 8.78 Å². The van der Waals surface area contributed by atoms with E-state index in [4.69, 9.17) is 5.73 Å². The summed E-state index contributed by atoms with van der Waals surface area (Å²) in [4.78, 5) is 1.77. The zero-order valence-electron chi connectivity index (χ0n) is 6.93. The third-order valence-corrected chi connectivity index (χ3v) is 1.93. The van der Waals surface area contributed by atoms with Gasteiger partial charge in [0.25, 0.3) is 5.92 Å². The first-order chi connectivity index (χ1) is 5.14. The van der Waals surface area contributed by atoms with E-state index in [1.165, 1.54) is 0 Å². The van der Waals surface area contributed by atoms with Crippen molar-refractivity contribution in [1.82, 2.24) is 4.90 Å². The van der Waals surface area contributed by atoms with Crippen molar-refractivity contribution in [2.45, 2.75) is 18.8 Å². The van der Waals surface area contributed by atoms with Crippen LogP contribution < -0.4 is 5.73 Å². The molecule has 5 heteroatoms. The Bertz CT molecular complexity index is 133. The Kier molecular flexibility index (Phi) is 4.97. The monoisotopic (exact) mass is 200 g/mol. The molecule has 0 aliphatic carbocycles. The largest absolute Gasteiger partial charge is 0.330 e. The Hall–Kier alpha value is 0.0700. The van der Waals surface area contributed by atoms with Gasteiger partial charge in [-0.3, -0.25) is 4.90 Å². The van der Waals surface area contributed by atoms with E-state index in [1.54, 1.807) is 4.90 Å². The Labute approximate surface area is 77.5 Å². The number of nitrogens with two attached hydrogens (primary N) is 1. The van der Waals surface area contributed by atoms with Crippen molar-refractivity contribution in [3.8, 4) is 0 Å². The quantitative estimate of drug-likeness (QED) is 0.740. The molecule has 1 aliphatic rings. The molecule has 0 radical (unpaired) electrons. The molecule has 0 amide bonds. The lowest BCUT2D eigenvalue weighted by Crippen LogP contribution is -2.27. The number of halogens is 3. The van der Waals surface area contributed by atoms with Gasteiger partial charge in [-0.15, -0.1) is 12.4 Å². The maximum Gasteiger partial charge on any atom is 0.261 e. The Balaban J connectivity index is 0.00000121. The van der Waals surface area contributed by atoms with Crippen molar-refractivity contribution in [3.63, 3.8) is 0 Å². The lowest BCUT2D eigenvalue weighted by Gasteiger charge is -2.13. The fourth-order valence-electron chi connectivity index (χ4n) is 1.31. The van der Waals surface area contributed by atoms with Crippen LogP contribution in [0.2, 0.25) is 0 Å². The molecular weight excluding hydrogens is 186 g/mol. The van der Waals surface area contributed by atoms with Crippen LogP contribution in [-0.4, -0.2) is 37.0 Å². The molecule has 1 fully saturated rings. The molecular formula is C7H15ClF2N2. The first-order valence-corrected chi connectivity index (χ1v) is 3.94. The first-order valence-electron chi connectivity index (χ1n) is 3.94. The molecule has 0 unspecified atom stereocenters. The van der Waals surface area contributed by atoms with Gasteiger partial charge in [0.2, 0.25) is 0 Å². The van der Waals surface area contributed by atoms with Crippen LogP contribution in [0.5, 0.6) is 0 Å². The minimum absolute atomic E-state index is 0. The van der Waals surface area contributed by atoms with Crippen LogP contribution in [0.25, 0.3) is 0 Å². The zero-order chi connectivity index (χ0) is 8.32. The van der Waals surface area contributed by atoms with Crippen molar-refractivity contribution in [2.75, 3.05) is 26.2 Å². The van der Waals surface area contributed by atoms with Gasteiger partial charge in [-0.1, -0.05) is 0 Å². The molecule has 0 aromatic rings. The zero-order valence-corrected chi connectivity index (χ0v) is 7.75. The number of alkyl halides is 2. The van der Waals surface area contributed by atoms with Crippen LogP contribution in [0, 0.1) is 0 Å². The predicted octanol–water partition coefficient (Wildman–Crippen LogP) is 1.10. The highest BCUT2D eigenvalue weighted by atomic mass is 35.5. The topological polar surface area (TPSA) is 29.3 Å². The summed E-state index contributed by atoms with van der Waals surface area (Å²) in [5.41, 5.74) is 5.26. The van der Waals surface area contributed by atoms with E-state index in [9.17, 15) is 8.78 Å². The van der Waals surface area contributed by atoms with Crippen LogP contribution in [-0.2, 0) is 0 Å². The Morgan fingerprint density at radius 3 is 2.50 bits per heavy atom. The van der Waals surface area contributed by atoms with Crippen molar-refractivity contribution in [3.05, 3.63) is 0 Å². The van der Waals surface area contributed by atoms with Crippen LogP contribution >= 0.6 is 12.4 Å². The molecule has 0 saturated carbocycles. The maximum absolute atomic E-state index is 12.5. The highest BCUT2D eigenvalue weighted by molar-refractivity contribution is 5.85. The molecule has 1 saturated heterocycles. The van der Waals surface area contributed by atoms with Crippen LogP contribution in [0.1, 0.15) is 12.8 Å². The molecule has 12 heavy (non-hydrogen) atoms. The highest BCUT2D eigenvalue weighted by Gasteiger charge is 2.37. The molecule has 0 bridgehead atoms. The lowest BCUT2D eigenvalue weighted by atomic mass is 10.3. The second-order valence-corrected chi connectivity index (χ2v) is 3.02. The molecule has 1 heterocycles. The summed E-state index contributed by atoms with van der Waals surface area (Å²) in [6.07, 6.45) is 0.827. The van der Waals surface area contributed by atoms with E-state index in [0.717, 1.165) is 6.42 Å². The van der Waals surface area contributed by atoms with Crippen molar-refractivity contribution in [1.29, 1.82) is 0 Å². The summed E-state index contributed by atoms with van der Waals surface area (Å²) in [5.74, 6) is -2.45. The van der Waals surface area contributed by atoms with Gasteiger partial charge in [0.1, 0.15) is 0 Å². The molecule has 74 valence electrons. The number of hydrogen-bond donors (Lipinski definition) is 1. The van der Waals surface area contributed by atoms with Crippen LogP contribution in [0.3, 0.4) is 0 Å². The molecule has 2 N–H and O–H groups in total. The lowest BCUT2D eigenvalue weighted by molar-refractivity contribution is 0.0122. The Morgan fingerprint density at radius 2 is 2.08 bits per heavy atom. The number of likely N-dealkylation sites (tertiary alicyclic amines) is 1. The van der Waals surface area contributed by atoms with Crippen molar-refractivity contribution in [2.24, 2.45) is 5.73 Å². The second-order valence-electron chi connectivity index (χ2n) is 3.02. The summed E-state index contributed by atoms with van der Waals surface area (Å²) in [6.45, 7) is 1.74. The SMILES string of the molecule is Cl.NCCCN1CCC(F)(F)C1. The van der Waals surface area contributed by atoms with Gasteiger partial charge in [-0.25, -0.2) is 8.78 Å². The summed E-state index contributed by atoms with van der Waals surface area (Å²) >= 11 is 0. The molecule has 0 atom stereocenters. The minimum Gasteiger partial charge on any atom is -0.330 e. The molecule has 0 spiro atoms. The molecule has 1 aliphatic heterocycles. The van der Waals surface area contributed by atoms with Gasteiger partial charge in [-0.2, -0.15) is 0 Å². The highest BCUT2D eigenvalue weighted by Crippen LogP contribution is 2.26. The van der Waals surface area contributed by atoms with Gasteiger partial charge in [0, 0.05) is 13.0 Å². The third kappa shape index (κ3) is 3.65. The van der Waals surface area contributed by atoms with E-state index in [0.29, 0.717) is 19.6 Å². The Morgan fingerprint density at radius 1 is 1.42 bits per heavy atom. The van der Waals surface area contributed by atoms with E-state index in [-0.39, 0.29) is 25.4 Å². The summed E-state index contributed by atoms with van der Waals surface area (Å²) < 4.78 is 25.1. The molecule has 2 nitrogen and oxygen atoms in total. The standard InChI is InChI=1S/C7H14F2N2.ClH/c8-7(9)2-5-11(6-7)4-1-3-10;/h1-6,10H2;1H. The van der Waals surface area contributed by atoms with Gasteiger partial charge in [-0.05, 0) is 19.5 Å². The number of rotatable bonds is 3. The van der Waals surface area contributed by atoms with Crippen LogP contribution in [0.15, 0.2) is 0 Å². The van der Waals surface area contributed by atoms with E-state index >= 15 is 0 Å². The van der Waals surface area contributed by atoms with Crippen molar-refractivity contribution >= 4 is 12.4 Å². The molecule has 1 rings (SSSR count). The average molecular weight is 201 g/mol. The smallest absolute Gasteiger partial charge is 0.261 e. The van der Waals surface area contributed by atoms with E-state index in [1.807, 2.05) is 0 Å². The van der Waals surface area contributed by atoms with Gasteiger partial charge < -0.3 is 5.73 Å². The van der Waals surface area contributed by atoms with Gasteiger partial charge >= 0.3 is 0 Å². The summed E-state index contributed by atoms with van der Waals surface area (Å²) in [5, 5.41) is 0. The third-order valence-electron chi connectivity index (χ3n) is 1.93. The average Bonchev–Trinajstić information content (AvgIpc) is 2.26. The maximum atomic E-state index is 12.5.